The summed E-state index contributed by atoms with van der Waals surface area (Å²) in [5, 5.41) is 3.33. The standard InChI is InChI=1S/C19H14ClFN2O2/c20-17-4-2-1-3-14(17)12-25-16-7-5-15(6-8-16)23-19(24)13-9-10-22-18(21)11-13/h1-11H,12H2,(H,23,24). The third-order valence-corrected chi connectivity index (χ3v) is 3.82. The number of anilines is 1. The molecule has 3 rings (SSSR count). The molecule has 6 heteroatoms. The lowest BCUT2D eigenvalue weighted by Crippen LogP contribution is -2.12. The molecular formula is C19H14ClFN2O2. The molecule has 0 aliphatic heterocycles. The molecule has 4 nitrogen and oxygen atoms in total. The van der Waals surface area contributed by atoms with Crippen LogP contribution in [0.2, 0.25) is 5.02 Å². The van der Waals surface area contributed by atoms with Gasteiger partial charge in [-0.1, -0.05) is 29.8 Å². The van der Waals surface area contributed by atoms with Gasteiger partial charge < -0.3 is 10.1 Å². The van der Waals surface area contributed by atoms with Gasteiger partial charge in [-0.3, -0.25) is 4.79 Å². The van der Waals surface area contributed by atoms with Crippen molar-refractivity contribution in [1.82, 2.24) is 4.98 Å². The Morgan fingerprint density at radius 3 is 2.60 bits per heavy atom. The summed E-state index contributed by atoms with van der Waals surface area (Å²) in [6, 6.07) is 16.9. The van der Waals surface area contributed by atoms with Crippen molar-refractivity contribution in [3.05, 3.63) is 89.0 Å². The van der Waals surface area contributed by atoms with E-state index in [9.17, 15) is 9.18 Å². The number of nitrogens with zero attached hydrogens (tertiary/aromatic N) is 1. The lowest BCUT2D eigenvalue weighted by Gasteiger charge is -2.09. The topological polar surface area (TPSA) is 51.2 Å². The fourth-order valence-corrected chi connectivity index (χ4v) is 2.35. The number of hydrogen-bond donors (Lipinski definition) is 1. The van der Waals surface area contributed by atoms with Crippen molar-refractivity contribution in [3.63, 3.8) is 0 Å². The van der Waals surface area contributed by atoms with Crippen molar-refractivity contribution < 1.29 is 13.9 Å². The van der Waals surface area contributed by atoms with Gasteiger partial charge in [-0.05, 0) is 36.4 Å². The second-order valence-corrected chi connectivity index (χ2v) is 5.63. The molecule has 0 bridgehead atoms. The van der Waals surface area contributed by atoms with Crippen molar-refractivity contribution in [2.75, 3.05) is 5.32 Å². The Kier molecular flexibility index (Phi) is 5.26. The van der Waals surface area contributed by atoms with Crippen LogP contribution in [0.3, 0.4) is 0 Å². The number of pyridine rings is 1. The van der Waals surface area contributed by atoms with E-state index >= 15 is 0 Å². The van der Waals surface area contributed by atoms with Crippen LogP contribution >= 0.6 is 11.6 Å². The van der Waals surface area contributed by atoms with E-state index in [1.165, 1.54) is 12.3 Å². The lowest BCUT2D eigenvalue weighted by atomic mass is 10.2. The molecule has 126 valence electrons. The Morgan fingerprint density at radius 2 is 1.88 bits per heavy atom. The van der Waals surface area contributed by atoms with E-state index in [0.717, 1.165) is 11.6 Å². The normalized spacial score (nSPS) is 10.3. The van der Waals surface area contributed by atoms with E-state index in [2.05, 4.69) is 10.3 Å². The number of carbonyl (C=O) groups is 1. The summed E-state index contributed by atoms with van der Waals surface area (Å²) >= 11 is 6.08. The SMILES string of the molecule is O=C(Nc1ccc(OCc2ccccc2Cl)cc1)c1ccnc(F)c1. The van der Waals surface area contributed by atoms with E-state index in [1.807, 2.05) is 18.2 Å². The average Bonchev–Trinajstić information content (AvgIpc) is 2.62. The minimum Gasteiger partial charge on any atom is -0.489 e. The van der Waals surface area contributed by atoms with Gasteiger partial charge in [-0.25, -0.2) is 4.98 Å². The maximum Gasteiger partial charge on any atom is 0.255 e. The van der Waals surface area contributed by atoms with Gasteiger partial charge in [0.15, 0.2) is 0 Å². The van der Waals surface area contributed by atoms with E-state index < -0.39 is 11.9 Å². The first-order chi connectivity index (χ1) is 12.1. The van der Waals surface area contributed by atoms with Crippen LogP contribution in [0, 0.1) is 5.95 Å². The van der Waals surface area contributed by atoms with Crippen molar-refractivity contribution in [1.29, 1.82) is 0 Å². The number of halogens is 2. The molecule has 0 aliphatic rings. The molecule has 0 spiro atoms. The summed E-state index contributed by atoms with van der Waals surface area (Å²) in [5.74, 6) is -0.463. The number of aromatic nitrogens is 1. The van der Waals surface area contributed by atoms with Gasteiger partial charge in [-0.2, -0.15) is 4.39 Å². The van der Waals surface area contributed by atoms with Crippen LogP contribution in [0.4, 0.5) is 10.1 Å². The zero-order valence-corrected chi connectivity index (χ0v) is 13.8. The fraction of sp³-hybridized carbons (Fsp3) is 0.0526. The predicted octanol–water partition coefficient (Wildman–Crippen LogP) is 4.71. The third kappa shape index (κ3) is 4.55. The molecule has 1 N–H and O–H groups in total. The quantitative estimate of drug-likeness (QED) is 0.674. The van der Waals surface area contributed by atoms with Gasteiger partial charge in [0.25, 0.3) is 5.91 Å². The van der Waals surface area contributed by atoms with E-state index in [1.54, 1.807) is 30.3 Å². The summed E-state index contributed by atoms with van der Waals surface area (Å²) in [6.07, 6.45) is 1.25. The maximum atomic E-state index is 13.1. The number of nitrogens with one attached hydrogen (secondary N) is 1. The summed E-state index contributed by atoms with van der Waals surface area (Å²) < 4.78 is 18.7. The maximum absolute atomic E-state index is 13.1. The molecule has 2 aromatic carbocycles. The van der Waals surface area contributed by atoms with Crippen LogP contribution in [0.25, 0.3) is 0 Å². The first-order valence-electron chi connectivity index (χ1n) is 7.51. The zero-order chi connectivity index (χ0) is 17.6. The number of hydrogen-bond acceptors (Lipinski definition) is 3. The van der Waals surface area contributed by atoms with E-state index in [0.29, 0.717) is 23.1 Å². The number of rotatable bonds is 5. The molecule has 1 aromatic heterocycles. The van der Waals surface area contributed by atoms with Crippen LogP contribution in [-0.4, -0.2) is 10.9 Å². The second kappa shape index (κ2) is 7.77. The summed E-state index contributed by atoms with van der Waals surface area (Å²) in [6.45, 7) is 0.349. The minimum absolute atomic E-state index is 0.201. The van der Waals surface area contributed by atoms with Crippen LogP contribution in [-0.2, 0) is 6.61 Å². The third-order valence-electron chi connectivity index (χ3n) is 3.45. The van der Waals surface area contributed by atoms with Crippen molar-refractivity contribution in [2.24, 2.45) is 0 Å². The summed E-state index contributed by atoms with van der Waals surface area (Å²) in [4.78, 5) is 15.5. The minimum atomic E-state index is -0.698. The molecule has 0 radical (unpaired) electrons. The van der Waals surface area contributed by atoms with Gasteiger partial charge in [0.2, 0.25) is 5.95 Å². The zero-order valence-electron chi connectivity index (χ0n) is 13.1. The Bertz CT molecular complexity index is 885. The Hall–Kier alpha value is -2.92. The smallest absolute Gasteiger partial charge is 0.255 e. The highest BCUT2D eigenvalue weighted by Crippen LogP contribution is 2.20. The summed E-state index contributed by atoms with van der Waals surface area (Å²) in [5.41, 5.74) is 1.67. The van der Waals surface area contributed by atoms with Crippen LogP contribution in [0.15, 0.2) is 66.9 Å². The molecule has 0 saturated carbocycles. The van der Waals surface area contributed by atoms with Crippen molar-refractivity contribution in [3.8, 4) is 5.75 Å². The number of benzene rings is 2. The van der Waals surface area contributed by atoms with E-state index in [-0.39, 0.29) is 5.56 Å². The molecule has 0 unspecified atom stereocenters. The van der Waals surface area contributed by atoms with Crippen LogP contribution in [0.1, 0.15) is 15.9 Å². The molecule has 3 aromatic rings. The van der Waals surface area contributed by atoms with Gasteiger partial charge in [-0.15, -0.1) is 0 Å². The van der Waals surface area contributed by atoms with Gasteiger partial charge in [0.05, 0.1) is 0 Å². The van der Waals surface area contributed by atoms with Crippen molar-refractivity contribution >= 4 is 23.2 Å². The molecule has 0 aliphatic carbocycles. The van der Waals surface area contributed by atoms with Gasteiger partial charge >= 0.3 is 0 Å². The van der Waals surface area contributed by atoms with Gasteiger partial charge in [0.1, 0.15) is 12.4 Å². The Morgan fingerprint density at radius 1 is 1.12 bits per heavy atom. The average molecular weight is 357 g/mol. The number of ether oxygens (including phenoxy) is 1. The first-order valence-corrected chi connectivity index (χ1v) is 7.89. The van der Waals surface area contributed by atoms with Gasteiger partial charge in [0, 0.05) is 34.1 Å². The highest BCUT2D eigenvalue weighted by Gasteiger charge is 2.08. The first kappa shape index (κ1) is 16.9. The molecule has 0 fully saturated rings. The molecule has 0 saturated heterocycles. The van der Waals surface area contributed by atoms with Crippen LogP contribution in [0.5, 0.6) is 5.75 Å². The molecule has 1 amide bonds. The highest BCUT2D eigenvalue weighted by molar-refractivity contribution is 6.31. The number of amides is 1. The highest BCUT2D eigenvalue weighted by atomic mass is 35.5. The number of carbonyl (C=O) groups excluding carboxylic acids is 1. The largest absolute Gasteiger partial charge is 0.489 e. The van der Waals surface area contributed by atoms with Crippen molar-refractivity contribution in [2.45, 2.75) is 6.61 Å². The molecule has 25 heavy (non-hydrogen) atoms. The Labute approximate surface area is 149 Å². The predicted molar refractivity (Wildman–Crippen MR) is 94.4 cm³/mol. The van der Waals surface area contributed by atoms with E-state index in [4.69, 9.17) is 16.3 Å². The van der Waals surface area contributed by atoms with Crippen LogP contribution < -0.4 is 10.1 Å². The molecular weight excluding hydrogens is 343 g/mol. The molecule has 0 atom stereocenters. The fourth-order valence-electron chi connectivity index (χ4n) is 2.16. The Balaban J connectivity index is 1.60. The second-order valence-electron chi connectivity index (χ2n) is 5.23. The lowest BCUT2D eigenvalue weighted by molar-refractivity contribution is 0.102. The monoisotopic (exact) mass is 356 g/mol. The summed E-state index contributed by atoms with van der Waals surface area (Å²) in [7, 11) is 0. The molecule has 1 heterocycles.